The molecule has 0 bridgehead atoms. The van der Waals surface area contributed by atoms with Crippen molar-refractivity contribution in [3.8, 4) is 0 Å². The molecule has 0 aromatic carbocycles. The van der Waals surface area contributed by atoms with E-state index in [2.05, 4.69) is 24.7 Å². The summed E-state index contributed by atoms with van der Waals surface area (Å²) in [6.45, 7) is 5.97. The Balaban J connectivity index is 1.41. The Morgan fingerprint density at radius 1 is 0.880 bits per heavy atom. The Hall–Kier alpha value is -1.85. The van der Waals surface area contributed by atoms with Gasteiger partial charge in [-0.2, -0.15) is 0 Å². The molecule has 136 valence electrons. The van der Waals surface area contributed by atoms with Crippen molar-refractivity contribution in [2.75, 3.05) is 49.1 Å². The smallest absolute Gasteiger partial charge is 0.225 e. The van der Waals surface area contributed by atoms with Gasteiger partial charge < -0.3 is 14.7 Å². The van der Waals surface area contributed by atoms with Gasteiger partial charge in [0.2, 0.25) is 5.91 Å². The Bertz CT molecular complexity index is 587. The number of rotatable bonds is 3. The van der Waals surface area contributed by atoms with Gasteiger partial charge in [0.1, 0.15) is 6.33 Å². The molecule has 1 aromatic rings. The molecule has 0 aliphatic carbocycles. The van der Waals surface area contributed by atoms with Gasteiger partial charge in [0.05, 0.1) is 11.9 Å². The molecular weight excluding hydrogens is 314 g/mol. The normalized spacial score (nSPS) is 22.5. The van der Waals surface area contributed by atoms with Crippen LogP contribution in [0.5, 0.6) is 0 Å². The largest absolute Gasteiger partial charge is 0.367 e. The number of carbonyl (C=O) groups excluding carboxylic acids is 1. The maximum atomic E-state index is 12.6. The molecular formula is C19H29N5O. The first-order valence-corrected chi connectivity index (χ1v) is 9.91. The fourth-order valence-electron chi connectivity index (χ4n) is 4.45. The van der Waals surface area contributed by atoms with Gasteiger partial charge in [-0.1, -0.05) is 0 Å². The van der Waals surface area contributed by atoms with E-state index in [0.717, 1.165) is 63.6 Å². The van der Waals surface area contributed by atoms with Crippen molar-refractivity contribution in [2.45, 2.75) is 44.9 Å². The number of hydrogen-bond acceptors (Lipinski definition) is 5. The summed E-state index contributed by atoms with van der Waals surface area (Å²) < 4.78 is 0. The van der Waals surface area contributed by atoms with Gasteiger partial charge in [-0.25, -0.2) is 9.97 Å². The second-order valence-corrected chi connectivity index (χ2v) is 7.57. The third kappa shape index (κ3) is 3.58. The molecule has 3 aliphatic heterocycles. The minimum Gasteiger partial charge on any atom is -0.367 e. The highest BCUT2D eigenvalue weighted by Crippen LogP contribution is 2.32. The molecule has 0 saturated carbocycles. The van der Waals surface area contributed by atoms with Crippen molar-refractivity contribution in [2.24, 2.45) is 5.92 Å². The van der Waals surface area contributed by atoms with Crippen molar-refractivity contribution >= 4 is 17.4 Å². The average Bonchev–Trinajstić information content (AvgIpc) is 3.23. The predicted molar refractivity (Wildman–Crippen MR) is 98.8 cm³/mol. The molecule has 0 radical (unpaired) electrons. The lowest BCUT2D eigenvalue weighted by molar-refractivity contribution is -0.135. The zero-order chi connectivity index (χ0) is 17.1. The summed E-state index contributed by atoms with van der Waals surface area (Å²) in [5.41, 5.74) is 1.15. The number of anilines is 2. The summed E-state index contributed by atoms with van der Waals surface area (Å²) in [5, 5.41) is 0. The van der Waals surface area contributed by atoms with Crippen molar-refractivity contribution in [3.63, 3.8) is 0 Å². The van der Waals surface area contributed by atoms with Crippen molar-refractivity contribution in [1.82, 2.24) is 14.9 Å². The van der Waals surface area contributed by atoms with Crippen LogP contribution in [0.25, 0.3) is 0 Å². The molecule has 25 heavy (non-hydrogen) atoms. The van der Waals surface area contributed by atoms with Crippen LogP contribution < -0.4 is 9.80 Å². The highest BCUT2D eigenvalue weighted by atomic mass is 16.2. The zero-order valence-electron chi connectivity index (χ0n) is 15.1. The monoisotopic (exact) mass is 343 g/mol. The van der Waals surface area contributed by atoms with Gasteiger partial charge in [-0.3, -0.25) is 4.79 Å². The SMILES string of the molecule is O=C(C1CCN(c2cncnc2N2CCCCC2)CC1)N1CCCC1. The highest BCUT2D eigenvalue weighted by Gasteiger charge is 2.31. The lowest BCUT2D eigenvalue weighted by Gasteiger charge is -2.37. The third-order valence-electron chi connectivity index (χ3n) is 5.93. The van der Waals surface area contributed by atoms with Crippen molar-refractivity contribution in [1.29, 1.82) is 0 Å². The highest BCUT2D eigenvalue weighted by molar-refractivity contribution is 5.79. The Morgan fingerprint density at radius 2 is 1.56 bits per heavy atom. The molecule has 1 amide bonds. The summed E-state index contributed by atoms with van der Waals surface area (Å²) >= 11 is 0. The van der Waals surface area contributed by atoms with Crippen LogP contribution in [0.15, 0.2) is 12.5 Å². The Kier molecular flexibility index (Phi) is 5.04. The molecule has 0 unspecified atom stereocenters. The summed E-state index contributed by atoms with van der Waals surface area (Å²) in [5.74, 6) is 1.68. The van der Waals surface area contributed by atoms with Crippen LogP contribution in [0.3, 0.4) is 0 Å². The summed E-state index contributed by atoms with van der Waals surface area (Å²) in [7, 11) is 0. The van der Waals surface area contributed by atoms with E-state index in [1.807, 2.05) is 6.20 Å². The molecule has 6 heteroatoms. The predicted octanol–water partition coefficient (Wildman–Crippen LogP) is 2.31. The lowest BCUT2D eigenvalue weighted by Crippen LogP contribution is -2.42. The number of hydrogen-bond donors (Lipinski definition) is 0. The van der Waals surface area contributed by atoms with E-state index < -0.39 is 0 Å². The van der Waals surface area contributed by atoms with Gasteiger partial charge in [-0.05, 0) is 44.9 Å². The summed E-state index contributed by atoms with van der Waals surface area (Å²) in [6, 6.07) is 0. The number of aromatic nitrogens is 2. The van der Waals surface area contributed by atoms with Gasteiger partial charge in [0.25, 0.3) is 0 Å². The molecule has 4 rings (SSSR count). The molecule has 0 atom stereocenters. The van der Waals surface area contributed by atoms with Crippen LogP contribution in [-0.4, -0.2) is 60.0 Å². The molecule has 1 aromatic heterocycles. The van der Waals surface area contributed by atoms with E-state index >= 15 is 0 Å². The van der Waals surface area contributed by atoms with Crippen LogP contribution >= 0.6 is 0 Å². The molecule has 0 spiro atoms. The van der Waals surface area contributed by atoms with E-state index in [-0.39, 0.29) is 5.92 Å². The van der Waals surface area contributed by atoms with E-state index in [4.69, 9.17) is 0 Å². The quantitative estimate of drug-likeness (QED) is 0.843. The standard InChI is InChI=1S/C19H29N5O/c25-19(24-10-4-5-11-24)16-6-12-22(13-7-16)17-14-20-15-21-18(17)23-8-2-1-3-9-23/h14-16H,1-13H2. The van der Waals surface area contributed by atoms with Gasteiger partial charge >= 0.3 is 0 Å². The topological polar surface area (TPSA) is 52.6 Å². The first-order chi connectivity index (χ1) is 12.3. The lowest BCUT2D eigenvalue weighted by atomic mass is 9.95. The van der Waals surface area contributed by atoms with Crippen molar-refractivity contribution < 1.29 is 4.79 Å². The van der Waals surface area contributed by atoms with E-state index in [9.17, 15) is 4.79 Å². The maximum Gasteiger partial charge on any atom is 0.225 e. The molecule has 3 fully saturated rings. The molecule has 4 heterocycles. The molecule has 3 saturated heterocycles. The second-order valence-electron chi connectivity index (χ2n) is 7.57. The van der Waals surface area contributed by atoms with Gasteiger partial charge in [0.15, 0.2) is 5.82 Å². The number of nitrogens with zero attached hydrogens (tertiary/aromatic N) is 5. The molecule has 0 N–H and O–H groups in total. The number of carbonyl (C=O) groups is 1. The average molecular weight is 343 g/mol. The van der Waals surface area contributed by atoms with E-state index in [1.165, 1.54) is 32.1 Å². The van der Waals surface area contributed by atoms with E-state index in [1.54, 1.807) is 6.33 Å². The van der Waals surface area contributed by atoms with Crippen LogP contribution in [0.2, 0.25) is 0 Å². The fraction of sp³-hybridized carbons (Fsp3) is 0.737. The van der Waals surface area contributed by atoms with E-state index in [0.29, 0.717) is 5.91 Å². The van der Waals surface area contributed by atoms with Gasteiger partial charge in [0, 0.05) is 45.2 Å². The van der Waals surface area contributed by atoms with Crippen LogP contribution in [0.4, 0.5) is 11.5 Å². The third-order valence-corrected chi connectivity index (χ3v) is 5.93. The molecule has 3 aliphatic rings. The minimum absolute atomic E-state index is 0.206. The maximum absolute atomic E-state index is 12.6. The Labute approximate surface area is 150 Å². The first kappa shape index (κ1) is 16.6. The number of piperidine rings is 2. The second kappa shape index (κ2) is 7.58. The molecule has 6 nitrogen and oxygen atoms in total. The summed E-state index contributed by atoms with van der Waals surface area (Å²) in [6.07, 6.45) is 11.7. The van der Waals surface area contributed by atoms with Crippen molar-refractivity contribution in [3.05, 3.63) is 12.5 Å². The first-order valence-electron chi connectivity index (χ1n) is 9.91. The van der Waals surface area contributed by atoms with Crippen LogP contribution in [0, 0.1) is 5.92 Å². The minimum atomic E-state index is 0.206. The van der Waals surface area contributed by atoms with Gasteiger partial charge in [-0.15, -0.1) is 0 Å². The number of likely N-dealkylation sites (tertiary alicyclic amines) is 1. The number of amides is 1. The zero-order valence-corrected chi connectivity index (χ0v) is 15.1. The summed E-state index contributed by atoms with van der Waals surface area (Å²) in [4.78, 5) is 28.4. The Morgan fingerprint density at radius 3 is 2.28 bits per heavy atom. The van der Waals surface area contributed by atoms with Crippen LogP contribution in [-0.2, 0) is 4.79 Å². The van der Waals surface area contributed by atoms with Crippen LogP contribution in [0.1, 0.15) is 44.9 Å². The fourth-order valence-corrected chi connectivity index (χ4v) is 4.45.